The number of aliphatic hydroxyl groups is 1. The zero-order valence-corrected chi connectivity index (χ0v) is 18.3. The molecule has 1 N–H and O–H groups in total. The molecule has 0 radical (unpaired) electrons. The number of nitrogens with zero attached hydrogens (tertiary/aromatic N) is 2. The highest BCUT2D eigenvalue weighted by molar-refractivity contribution is 7.12. The van der Waals surface area contributed by atoms with Gasteiger partial charge in [0.2, 0.25) is 5.78 Å². The number of carbonyl (C=O) groups excluding carboxylic acids is 2. The fourth-order valence-electron chi connectivity index (χ4n) is 3.96. The molecule has 1 aromatic carbocycles. The van der Waals surface area contributed by atoms with E-state index < -0.39 is 17.7 Å². The number of amides is 1. The molecule has 1 atom stereocenters. The van der Waals surface area contributed by atoms with Gasteiger partial charge in [0.05, 0.1) is 29.3 Å². The van der Waals surface area contributed by atoms with Crippen molar-refractivity contribution < 1.29 is 19.1 Å². The monoisotopic (exact) mass is 436 g/mol. The lowest BCUT2D eigenvalue weighted by Crippen LogP contribution is -2.30. The van der Waals surface area contributed by atoms with Crippen LogP contribution in [0, 0.1) is 0 Å². The van der Waals surface area contributed by atoms with Crippen LogP contribution in [0.4, 0.5) is 5.69 Å². The maximum atomic E-state index is 13.2. The van der Waals surface area contributed by atoms with Crippen molar-refractivity contribution in [2.45, 2.75) is 26.4 Å². The summed E-state index contributed by atoms with van der Waals surface area (Å²) in [5, 5.41) is 12.5. The van der Waals surface area contributed by atoms with Crippen LogP contribution in [0.5, 0.6) is 0 Å². The molecule has 1 aliphatic rings. The maximum Gasteiger partial charge on any atom is 0.290 e. The number of carbonyl (C=O) groups is 2. The molecular weight excluding hydrogens is 412 g/mol. The van der Waals surface area contributed by atoms with Gasteiger partial charge >= 0.3 is 0 Å². The predicted molar refractivity (Wildman–Crippen MR) is 120 cm³/mol. The van der Waals surface area contributed by atoms with Gasteiger partial charge in [-0.2, -0.15) is 0 Å². The number of aliphatic hydroxyl groups excluding tert-OH is 1. The lowest BCUT2D eigenvalue weighted by atomic mass is 9.95. The van der Waals surface area contributed by atoms with Crippen LogP contribution < -0.4 is 4.90 Å². The molecule has 1 unspecified atom stereocenters. The van der Waals surface area contributed by atoms with Gasteiger partial charge in [-0.15, -0.1) is 11.3 Å². The Morgan fingerprint density at radius 2 is 1.87 bits per heavy atom. The molecule has 1 aliphatic heterocycles. The summed E-state index contributed by atoms with van der Waals surface area (Å²) in [5.74, 6) is -0.826. The Hall–Kier alpha value is -3.32. The Bertz CT molecular complexity index is 1080. The van der Waals surface area contributed by atoms with Crippen molar-refractivity contribution in [2.24, 2.45) is 0 Å². The Morgan fingerprint density at radius 1 is 1.13 bits per heavy atom. The second-order valence-electron chi connectivity index (χ2n) is 7.25. The highest BCUT2D eigenvalue weighted by Gasteiger charge is 2.44. The number of anilines is 1. The van der Waals surface area contributed by atoms with Gasteiger partial charge in [0, 0.05) is 18.8 Å². The number of hydrogen-bond acceptors (Lipinski definition) is 6. The molecule has 160 valence electrons. The fraction of sp³-hybridized carbons (Fsp3) is 0.250. The lowest BCUT2D eigenvalue weighted by Gasteiger charge is -2.27. The molecule has 6 nitrogen and oxygen atoms in total. The Morgan fingerprint density at radius 3 is 2.45 bits per heavy atom. The van der Waals surface area contributed by atoms with Crippen molar-refractivity contribution in [1.29, 1.82) is 0 Å². The third-order valence-corrected chi connectivity index (χ3v) is 6.41. The van der Waals surface area contributed by atoms with Crippen LogP contribution in [-0.2, 0) is 11.3 Å². The van der Waals surface area contributed by atoms with Crippen molar-refractivity contribution in [3.05, 3.63) is 87.7 Å². The van der Waals surface area contributed by atoms with Crippen molar-refractivity contribution in [2.75, 3.05) is 18.0 Å². The van der Waals surface area contributed by atoms with Crippen LogP contribution in [0.1, 0.15) is 40.9 Å². The Kier molecular flexibility index (Phi) is 5.95. The van der Waals surface area contributed by atoms with Gasteiger partial charge in [-0.05, 0) is 55.1 Å². The summed E-state index contributed by atoms with van der Waals surface area (Å²) in [6, 6.07) is 14.1. The summed E-state index contributed by atoms with van der Waals surface area (Å²) < 4.78 is 5.43. The normalized spacial score (nSPS) is 16.3. The van der Waals surface area contributed by atoms with E-state index >= 15 is 0 Å². The average molecular weight is 437 g/mol. The second-order valence-corrected chi connectivity index (χ2v) is 8.20. The molecule has 7 heteroatoms. The van der Waals surface area contributed by atoms with Crippen LogP contribution >= 0.6 is 11.3 Å². The molecule has 31 heavy (non-hydrogen) atoms. The first-order chi connectivity index (χ1) is 15.0. The average Bonchev–Trinajstić information content (AvgIpc) is 3.54. The molecule has 3 heterocycles. The molecule has 0 fully saturated rings. The lowest BCUT2D eigenvalue weighted by molar-refractivity contribution is -0.130. The Balaban J connectivity index is 1.76. The van der Waals surface area contributed by atoms with Gasteiger partial charge < -0.3 is 19.3 Å². The minimum Gasteiger partial charge on any atom is -0.503 e. The van der Waals surface area contributed by atoms with Crippen LogP contribution in [0.15, 0.2) is 75.9 Å². The summed E-state index contributed by atoms with van der Waals surface area (Å²) in [7, 11) is 0. The number of hydrogen-bond donors (Lipinski definition) is 1. The van der Waals surface area contributed by atoms with E-state index in [1.165, 1.54) is 22.5 Å². The second kappa shape index (κ2) is 8.81. The molecule has 2 aromatic heterocycles. The SMILES string of the molecule is CCN(CC)c1ccc(C2C(C(=O)c3cccs3)=C(O)C(=O)N2Cc2ccco2)cc1. The molecular formula is C24H24N2O4S. The summed E-state index contributed by atoms with van der Waals surface area (Å²) in [4.78, 5) is 30.4. The smallest absolute Gasteiger partial charge is 0.290 e. The topological polar surface area (TPSA) is 74.0 Å². The van der Waals surface area contributed by atoms with E-state index in [1.54, 1.807) is 29.6 Å². The van der Waals surface area contributed by atoms with Gasteiger partial charge in [-0.3, -0.25) is 9.59 Å². The number of Topliss-reactive ketones (excluding diaryl/α,β-unsaturated/α-hetero) is 1. The standard InChI is InChI=1S/C24H24N2O4S/c1-3-25(4-2)17-11-9-16(10-12-17)21-20(22(27)19-8-6-14-31-19)23(28)24(29)26(21)15-18-7-5-13-30-18/h5-14,21,28H,3-4,15H2,1-2H3. The van der Waals surface area contributed by atoms with Crippen LogP contribution in [-0.4, -0.2) is 34.8 Å². The van der Waals surface area contributed by atoms with Gasteiger partial charge in [0.25, 0.3) is 5.91 Å². The molecule has 0 saturated heterocycles. The van der Waals surface area contributed by atoms with Gasteiger partial charge in [0.1, 0.15) is 5.76 Å². The van der Waals surface area contributed by atoms with E-state index in [9.17, 15) is 14.7 Å². The van der Waals surface area contributed by atoms with E-state index in [1.807, 2.05) is 24.3 Å². The van der Waals surface area contributed by atoms with Crippen molar-refractivity contribution in [3.63, 3.8) is 0 Å². The van der Waals surface area contributed by atoms with Crippen LogP contribution in [0.3, 0.4) is 0 Å². The van der Waals surface area contributed by atoms with E-state index in [0.717, 1.165) is 24.3 Å². The fourth-order valence-corrected chi connectivity index (χ4v) is 4.64. The zero-order valence-electron chi connectivity index (χ0n) is 17.4. The zero-order chi connectivity index (χ0) is 22.0. The summed E-state index contributed by atoms with van der Waals surface area (Å²) in [6.45, 7) is 6.10. The third-order valence-electron chi connectivity index (χ3n) is 5.54. The highest BCUT2D eigenvalue weighted by atomic mass is 32.1. The van der Waals surface area contributed by atoms with Crippen molar-refractivity contribution >= 4 is 28.7 Å². The molecule has 1 amide bonds. The van der Waals surface area contributed by atoms with Crippen LogP contribution in [0.25, 0.3) is 0 Å². The minimum absolute atomic E-state index is 0.106. The summed E-state index contributed by atoms with van der Waals surface area (Å²) >= 11 is 1.29. The molecule has 3 aromatic rings. The van der Waals surface area contributed by atoms with Crippen LogP contribution in [0.2, 0.25) is 0 Å². The van der Waals surface area contributed by atoms with E-state index in [2.05, 4.69) is 18.7 Å². The molecule has 0 spiro atoms. The van der Waals surface area contributed by atoms with E-state index in [0.29, 0.717) is 10.6 Å². The molecule has 0 aliphatic carbocycles. The van der Waals surface area contributed by atoms with Gasteiger partial charge in [0.15, 0.2) is 5.76 Å². The highest BCUT2D eigenvalue weighted by Crippen LogP contribution is 2.40. The largest absolute Gasteiger partial charge is 0.503 e. The summed E-state index contributed by atoms with van der Waals surface area (Å²) in [6.07, 6.45) is 1.54. The van der Waals surface area contributed by atoms with Crippen molar-refractivity contribution in [1.82, 2.24) is 4.90 Å². The van der Waals surface area contributed by atoms with Gasteiger partial charge in [-0.25, -0.2) is 0 Å². The first kappa shape index (κ1) is 20.9. The Labute approximate surface area is 185 Å². The third kappa shape index (κ3) is 3.88. The number of ketones is 1. The van der Waals surface area contributed by atoms with Gasteiger partial charge in [-0.1, -0.05) is 18.2 Å². The molecule has 4 rings (SSSR count). The number of benzene rings is 1. The quantitative estimate of drug-likeness (QED) is 0.505. The first-order valence-corrected chi connectivity index (χ1v) is 11.1. The van der Waals surface area contributed by atoms with E-state index in [4.69, 9.17) is 4.42 Å². The number of furan rings is 1. The molecule has 0 bridgehead atoms. The molecule has 0 saturated carbocycles. The van der Waals surface area contributed by atoms with Crippen molar-refractivity contribution in [3.8, 4) is 0 Å². The predicted octanol–water partition coefficient (Wildman–Crippen LogP) is 4.97. The maximum absolute atomic E-state index is 13.2. The first-order valence-electron chi connectivity index (χ1n) is 10.2. The summed E-state index contributed by atoms with van der Waals surface area (Å²) in [5.41, 5.74) is 1.93. The number of thiophene rings is 1. The number of rotatable bonds is 8. The van der Waals surface area contributed by atoms with E-state index in [-0.39, 0.29) is 17.9 Å². The minimum atomic E-state index is -0.696.